The highest BCUT2D eigenvalue weighted by Gasteiger charge is 2.17. The van der Waals surface area contributed by atoms with Gasteiger partial charge in [0.05, 0.1) is 0 Å². The molecule has 1 aliphatic carbocycles. The third-order valence-electron chi connectivity index (χ3n) is 3.59. The molecule has 0 aromatic heterocycles. The number of aryl methyl sites for hydroxylation is 1. The molecule has 0 nitrogen and oxygen atoms in total. The van der Waals surface area contributed by atoms with Gasteiger partial charge in [0.1, 0.15) is 5.82 Å². The fourth-order valence-corrected chi connectivity index (χ4v) is 2.68. The largest absolute Gasteiger partial charge is 0.207 e. The van der Waals surface area contributed by atoms with Crippen molar-refractivity contribution in [3.8, 4) is 0 Å². The lowest BCUT2D eigenvalue weighted by Crippen LogP contribution is -1.85. The van der Waals surface area contributed by atoms with Gasteiger partial charge in [-0.05, 0) is 59.7 Å². The molecule has 0 saturated carbocycles. The minimum atomic E-state index is -0.174. The molecule has 1 heteroatoms. The highest BCUT2D eigenvalue weighted by Crippen LogP contribution is 2.35. The van der Waals surface area contributed by atoms with Crippen LogP contribution in [0.4, 0.5) is 4.39 Å². The van der Waals surface area contributed by atoms with E-state index in [1.54, 1.807) is 12.1 Å². The number of rotatable bonds is 1. The first-order valence-electron chi connectivity index (χ1n) is 6.29. The van der Waals surface area contributed by atoms with Crippen molar-refractivity contribution in [2.45, 2.75) is 19.8 Å². The SMILES string of the molecule is Cc1cccc2c1CC/C2=C/c1cccc(F)c1. The molecule has 3 rings (SSSR count). The molecule has 0 unspecified atom stereocenters. The summed E-state index contributed by atoms with van der Waals surface area (Å²) in [6.45, 7) is 2.16. The second-order valence-corrected chi connectivity index (χ2v) is 4.83. The zero-order chi connectivity index (χ0) is 12.5. The van der Waals surface area contributed by atoms with Crippen molar-refractivity contribution in [3.63, 3.8) is 0 Å². The van der Waals surface area contributed by atoms with Crippen molar-refractivity contribution in [2.75, 3.05) is 0 Å². The maximum atomic E-state index is 13.2. The Bertz CT molecular complexity index is 623. The highest BCUT2D eigenvalue weighted by molar-refractivity contribution is 5.85. The van der Waals surface area contributed by atoms with Crippen LogP contribution in [0.2, 0.25) is 0 Å². The molecule has 2 aromatic carbocycles. The fraction of sp³-hybridized carbons (Fsp3) is 0.176. The van der Waals surface area contributed by atoms with Crippen LogP contribution >= 0.6 is 0 Å². The average molecular weight is 238 g/mol. The number of hydrogen-bond donors (Lipinski definition) is 0. The van der Waals surface area contributed by atoms with Crippen LogP contribution in [0.1, 0.15) is 28.7 Å². The summed E-state index contributed by atoms with van der Waals surface area (Å²) in [6, 6.07) is 13.2. The summed E-state index contributed by atoms with van der Waals surface area (Å²) in [5.74, 6) is -0.174. The molecule has 0 saturated heterocycles. The molecule has 0 heterocycles. The van der Waals surface area contributed by atoms with Gasteiger partial charge in [0.2, 0.25) is 0 Å². The summed E-state index contributed by atoms with van der Waals surface area (Å²) >= 11 is 0. The summed E-state index contributed by atoms with van der Waals surface area (Å²) in [5.41, 5.74) is 6.40. The van der Waals surface area contributed by atoms with Crippen LogP contribution in [0, 0.1) is 12.7 Å². The summed E-state index contributed by atoms with van der Waals surface area (Å²) in [5, 5.41) is 0. The summed E-state index contributed by atoms with van der Waals surface area (Å²) in [7, 11) is 0. The lowest BCUT2D eigenvalue weighted by Gasteiger charge is -2.04. The molecule has 2 aromatic rings. The van der Waals surface area contributed by atoms with E-state index in [-0.39, 0.29) is 5.82 Å². The predicted octanol–water partition coefficient (Wildman–Crippen LogP) is 4.62. The van der Waals surface area contributed by atoms with Gasteiger partial charge in [0.25, 0.3) is 0 Å². The Kier molecular flexibility index (Phi) is 2.75. The second-order valence-electron chi connectivity index (χ2n) is 4.83. The van der Waals surface area contributed by atoms with Gasteiger partial charge in [-0.3, -0.25) is 0 Å². The third kappa shape index (κ3) is 1.97. The quantitative estimate of drug-likeness (QED) is 0.680. The van der Waals surface area contributed by atoms with E-state index in [1.165, 1.54) is 28.3 Å². The van der Waals surface area contributed by atoms with E-state index in [1.807, 2.05) is 6.07 Å². The zero-order valence-corrected chi connectivity index (χ0v) is 10.4. The van der Waals surface area contributed by atoms with Crippen molar-refractivity contribution >= 4 is 11.6 Å². The Labute approximate surface area is 107 Å². The van der Waals surface area contributed by atoms with Gasteiger partial charge in [-0.1, -0.05) is 36.4 Å². The minimum Gasteiger partial charge on any atom is -0.207 e. The van der Waals surface area contributed by atoms with E-state index in [0.29, 0.717) is 0 Å². The summed E-state index contributed by atoms with van der Waals surface area (Å²) in [4.78, 5) is 0. The standard InChI is InChI=1S/C17H15F/c1-12-4-2-7-17-14(8-9-16(12)17)10-13-5-3-6-15(18)11-13/h2-7,10-11H,8-9H2,1H3/b14-10-. The van der Waals surface area contributed by atoms with E-state index < -0.39 is 0 Å². The second kappa shape index (κ2) is 4.41. The van der Waals surface area contributed by atoms with Gasteiger partial charge >= 0.3 is 0 Å². The number of fused-ring (bicyclic) bond motifs is 1. The normalized spacial score (nSPS) is 16.0. The lowest BCUT2D eigenvalue weighted by atomic mass is 10.0. The van der Waals surface area contributed by atoms with Crippen molar-refractivity contribution in [3.05, 3.63) is 70.5 Å². The van der Waals surface area contributed by atoms with Crippen LogP contribution in [-0.4, -0.2) is 0 Å². The van der Waals surface area contributed by atoms with Gasteiger partial charge in [-0.25, -0.2) is 4.39 Å². The summed E-state index contributed by atoms with van der Waals surface area (Å²) in [6.07, 6.45) is 4.26. The van der Waals surface area contributed by atoms with E-state index in [4.69, 9.17) is 0 Å². The average Bonchev–Trinajstić information content (AvgIpc) is 2.74. The van der Waals surface area contributed by atoms with Gasteiger partial charge in [0.15, 0.2) is 0 Å². The molecule has 0 bridgehead atoms. The van der Waals surface area contributed by atoms with E-state index in [0.717, 1.165) is 18.4 Å². The van der Waals surface area contributed by atoms with E-state index in [2.05, 4.69) is 31.2 Å². The maximum Gasteiger partial charge on any atom is 0.123 e. The molecule has 0 N–H and O–H groups in total. The van der Waals surface area contributed by atoms with Crippen molar-refractivity contribution in [1.82, 2.24) is 0 Å². The number of benzene rings is 2. The number of halogens is 1. The van der Waals surface area contributed by atoms with Crippen LogP contribution in [0.3, 0.4) is 0 Å². The third-order valence-corrected chi connectivity index (χ3v) is 3.59. The number of allylic oxidation sites excluding steroid dienone is 1. The molecule has 0 spiro atoms. The maximum absolute atomic E-state index is 13.2. The van der Waals surface area contributed by atoms with Crippen LogP contribution in [0.25, 0.3) is 11.6 Å². The van der Waals surface area contributed by atoms with Gasteiger partial charge in [-0.15, -0.1) is 0 Å². The molecule has 0 radical (unpaired) electrons. The van der Waals surface area contributed by atoms with Crippen LogP contribution < -0.4 is 0 Å². The number of hydrogen-bond acceptors (Lipinski definition) is 0. The monoisotopic (exact) mass is 238 g/mol. The van der Waals surface area contributed by atoms with Gasteiger partial charge < -0.3 is 0 Å². The molecule has 1 aliphatic rings. The zero-order valence-electron chi connectivity index (χ0n) is 10.4. The first-order valence-corrected chi connectivity index (χ1v) is 6.29. The van der Waals surface area contributed by atoms with Crippen molar-refractivity contribution in [1.29, 1.82) is 0 Å². The van der Waals surface area contributed by atoms with Crippen LogP contribution in [-0.2, 0) is 6.42 Å². The Balaban J connectivity index is 2.04. The first kappa shape index (κ1) is 11.2. The first-order chi connectivity index (χ1) is 8.74. The molecule has 0 fully saturated rings. The molecule has 90 valence electrons. The Hall–Kier alpha value is -1.89. The topological polar surface area (TPSA) is 0 Å². The van der Waals surface area contributed by atoms with E-state index in [9.17, 15) is 4.39 Å². The lowest BCUT2D eigenvalue weighted by molar-refractivity contribution is 0.627. The van der Waals surface area contributed by atoms with E-state index >= 15 is 0 Å². The summed E-state index contributed by atoms with van der Waals surface area (Å²) < 4.78 is 13.2. The Morgan fingerprint density at radius 1 is 1.06 bits per heavy atom. The molecule has 0 aliphatic heterocycles. The van der Waals surface area contributed by atoms with Crippen molar-refractivity contribution < 1.29 is 4.39 Å². The fourth-order valence-electron chi connectivity index (χ4n) is 2.68. The smallest absolute Gasteiger partial charge is 0.123 e. The molecule has 0 amide bonds. The molecule has 18 heavy (non-hydrogen) atoms. The van der Waals surface area contributed by atoms with Gasteiger partial charge in [0, 0.05) is 0 Å². The molecular formula is C17H15F. The molecular weight excluding hydrogens is 223 g/mol. The highest BCUT2D eigenvalue weighted by atomic mass is 19.1. The predicted molar refractivity (Wildman–Crippen MR) is 73.8 cm³/mol. The van der Waals surface area contributed by atoms with Crippen LogP contribution in [0.15, 0.2) is 42.5 Å². The Morgan fingerprint density at radius 2 is 1.89 bits per heavy atom. The van der Waals surface area contributed by atoms with Crippen LogP contribution in [0.5, 0.6) is 0 Å². The van der Waals surface area contributed by atoms with Gasteiger partial charge in [-0.2, -0.15) is 0 Å². The Morgan fingerprint density at radius 3 is 2.72 bits per heavy atom. The van der Waals surface area contributed by atoms with Crippen molar-refractivity contribution in [2.24, 2.45) is 0 Å². The molecule has 0 atom stereocenters. The minimum absolute atomic E-state index is 0.174.